The van der Waals surface area contributed by atoms with Crippen molar-refractivity contribution in [1.82, 2.24) is 0 Å². The lowest BCUT2D eigenvalue weighted by atomic mass is 10.0. The molecule has 0 saturated heterocycles. The van der Waals surface area contributed by atoms with Crippen LogP contribution >= 0.6 is 0 Å². The molecular weight excluding hydrogens is 394 g/mol. The summed E-state index contributed by atoms with van der Waals surface area (Å²) in [6, 6.07) is 17.4. The van der Waals surface area contributed by atoms with Gasteiger partial charge in [0.25, 0.3) is 11.3 Å². The number of carbonyl (C=O) groups is 2. The second-order valence-electron chi connectivity index (χ2n) is 6.22. The van der Waals surface area contributed by atoms with Crippen molar-refractivity contribution in [1.29, 1.82) is 0 Å². The van der Waals surface area contributed by atoms with E-state index in [1.54, 1.807) is 42.5 Å². The fraction of sp³-hybridized carbons (Fsp3) is 0.0476. The Morgan fingerprint density at radius 2 is 1.55 bits per heavy atom. The molecule has 1 unspecified atom stereocenters. The van der Waals surface area contributed by atoms with E-state index >= 15 is 0 Å². The molecule has 0 aromatic heterocycles. The van der Waals surface area contributed by atoms with E-state index in [4.69, 9.17) is 5.11 Å². The topological polar surface area (TPSA) is 115 Å². The minimum absolute atomic E-state index is 0.0447. The predicted molar refractivity (Wildman–Crippen MR) is 110 cm³/mol. The van der Waals surface area contributed by atoms with Crippen LogP contribution in [0.3, 0.4) is 0 Å². The van der Waals surface area contributed by atoms with E-state index in [1.807, 2.05) is 6.07 Å². The number of hydrogen-bond acceptors (Lipinski definition) is 4. The second-order valence-corrected chi connectivity index (χ2v) is 7.04. The fourth-order valence-electron chi connectivity index (χ4n) is 2.87. The van der Waals surface area contributed by atoms with Gasteiger partial charge < -0.3 is 10.2 Å². The van der Waals surface area contributed by atoms with Crippen molar-refractivity contribution in [2.75, 3.05) is 4.31 Å². The molecule has 0 aliphatic rings. The molecule has 0 aliphatic heterocycles. The van der Waals surface area contributed by atoms with E-state index in [0.717, 1.165) is 27.6 Å². The number of ketones is 1. The summed E-state index contributed by atoms with van der Waals surface area (Å²) in [5, 5.41) is 19.0. The highest BCUT2D eigenvalue weighted by Gasteiger charge is 2.19. The van der Waals surface area contributed by atoms with Crippen LogP contribution in [0.2, 0.25) is 0 Å². The summed E-state index contributed by atoms with van der Waals surface area (Å²) in [5.74, 6) is -1.86. The maximum Gasteiger partial charge on any atom is 0.339 e. The third-order valence-electron chi connectivity index (χ3n) is 4.31. The van der Waals surface area contributed by atoms with Crippen molar-refractivity contribution in [2.24, 2.45) is 0 Å². The summed E-state index contributed by atoms with van der Waals surface area (Å²) < 4.78 is 22.9. The number of anilines is 2. The third kappa shape index (κ3) is 4.34. The number of rotatable bonds is 6. The molecule has 7 nitrogen and oxygen atoms in total. The molecule has 0 amide bonds. The summed E-state index contributed by atoms with van der Waals surface area (Å²) in [6.07, 6.45) is 0. The van der Waals surface area contributed by atoms with Gasteiger partial charge in [-0.1, -0.05) is 36.4 Å². The van der Waals surface area contributed by atoms with Crippen LogP contribution in [-0.2, 0) is 11.3 Å². The number of aromatic hydroxyl groups is 1. The monoisotopic (exact) mass is 411 g/mol. The molecule has 3 N–H and O–H groups in total. The summed E-state index contributed by atoms with van der Waals surface area (Å²) in [6.45, 7) is 1.48. The number of nitrogens with zero attached hydrogens (tertiary/aromatic N) is 1. The van der Waals surface area contributed by atoms with Gasteiger partial charge in [0.2, 0.25) is 0 Å². The predicted octanol–water partition coefficient (Wildman–Crippen LogP) is 4.23. The normalized spacial score (nSPS) is 11.7. The van der Waals surface area contributed by atoms with Crippen LogP contribution in [-0.4, -0.2) is 30.7 Å². The maximum absolute atomic E-state index is 12.0. The lowest BCUT2D eigenvalue weighted by Crippen LogP contribution is -2.19. The van der Waals surface area contributed by atoms with Crippen molar-refractivity contribution in [3.05, 3.63) is 77.9 Å². The van der Waals surface area contributed by atoms with Crippen LogP contribution in [0.1, 0.15) is 27.6 Å². The molecule has 0 radical (unpaired) electrons. The number of carbonyl (C=O) groups excluding carboxylic acids is 1. The molecule has 0 saturated carbocycles. The van der Waals surface area contributed by atoms with Gasteiger partial charge in [-0.05, 0) is 42.3 Å². The summed E-state index contributed by atoms with van der Waals surface area (Å²) >= 11 is -2.48. The van der Waals surface area contributed by atoms with Gasteiger partial charge in [-0.25, -0.2) is 13.3 Å². The van der Waals surface area contributed by atoms with Gasteiger partial charge in [-0.2, -0.15) is 0 Å². The van der Waals surface area contributed by atoms with E-state index in [-0.39, 0.29) is 17.0 Å². The Morgan fingerprint density at radius 1 is 0.897 bits per heavy atom. The maximum atomic E-state index is 12.0. The Bertz CT molecular complexity index is 1110. The lowest BCUT2D eigenvalue weighted by Gasteiger charge is -2.21. The quantitative estimate of drug-likeness (QED) is 0.413. The number of benzene rings is 3. The van der Waals surface area contributed by atoms with Crippen molar-refractivity contribution < 1.29 is 28.6 Å². The molecule has 0 bridgehead atoms. The van der Waals surface area contributed by atoms with E-state index < -0.39 is 23.0 Å². The number of phenols is 1. The van der Waals surface area contributed by atoms with Gasteiger partial charge in [0.1, 0.15) is 11.3 Å². The Hall–Kier alpha value is -3.49. The van der Waals surface area contributed by atoms with Crippen LogP contribution < -0.4 is 4.31 Å². The Balaban J connectivity index is 2.02. The van der Waals surface area contributed by atoms with Crippen LogP contribution in [0.4, 0.5) is 11.4 Å². The van der Waals surface area contributed by atoms with Gasteiger partial charge in [0.15, 0.2) is 5.78 Å². The van der Waals surface area contributed by atoms with Crippen LogP contribution in [0.15, 0.2) is 66.7 Å². The van der Waals surface area contributed by atoms with E-state index in [0.29, 0.717) is 11.3 Å². The van der Waals surface area contributed by atoms with E-state index in [2.05, 4.69) is 0 Å². The van der Waals surface area contributed by atoms with Crippen molar-refractivity contribution in [3.63, 3.8) is 0 Å². The number of carboxylic acid groups (broad SMARTS) is 1. The van der Waals surface area contributed by atoms with Crippen LogP contribution in [0.25, 0.3) is 11.1 Å². The van der Waals surface area contributed by atoms with Crippen LogP contribution in [0.5, 0.6) is 5.75 Å². The fourth-order valence-corrected chi connectivity index (χ4v) is 3.45. The van der Waals surface area contributed by atoms with Crippen molar-refractivity contribution in [2.45, 2.75) is 6.92 Å². The Labute approximate surface area is 169 Å². The van der Waals surface area contributed by atoms with E-state index in [9.17, 15) is 23.5 Å². The van der Waals surface area contributed by atoms with Gasteiger partial charge in [-0.3, -0.25) is 9.35 Å². The number of hydrogen-bond donors (Lipinski definition) is 3. The largest absolute Gasteiger partial charge is 0.507 e. The van der Waals surface area contributed by atoms with Crippen molar-refractivity contribution in [3.8, 4) is 16.9 Å². The molecule has 8 heteroatoms. The molecule has 3 aromatic carbocycles. The molecule has 0 fully saturated rings. The average molecular weight is 411 g/mol. The highest BCUT2D eigenvalue weighted by Crippen LogP contribution is 2.33. The number of Topliss-reactive ketones (excluding diaryl/α,β-unsaturated/α-hetero) is 1. The first-order valence-electron chi connectivity index (χ1n) is 8.47. The first-order valence-corrected chi connectivity index (χ1v) is 9.53. The smallest absolute Gasteiger partial charge is 0.339 e. The van der Waals surface area contributed by atoms with Crippen molar-refractivity contribution >= 4 is 34.4 Å². The zero-order valence-corrected chi connectivity index (χ0v) is 16.1. The Kier molecular flexibility index (Phi) is 5.76. The molecule has 0 aliphatic carbocycles. The van der Waals surface area contributed by atoms with Crippen LogP contribution in [0, 0.1) is 0 Å². The van der Waals surface area contributed by atoms with Gasteiger partial charge >= 0.3 is 5.97 Å². The summed E-state index contributed by atoms with van der Waals surface area (Å²) in [7, 11) is 0. The molecule has 0 spiro atoms. The SMILES string of the molecule is CC(=O)c1ccc(-c2cccc(N(c3ccc(C(=O)O)c(O)c3)S(=O)O)c2)cc1. The lowest BCUT2D eigenvalue weighted by molar-refractivity contribution is 0.0693. The van der Waals surface area contributed by atoms with E-state index in [1.165, 1.54) is 13.0 Å². The minimum atomic E-state index is -2.48. The molecule has 29 heavy (non-hydrogen) atoms. The molecule has 1 atom stereocenters. The second kappa shape index (κ2) is 8.26. The standard InChI is InChI=1S/C21H17NO6S/c1-13(23)14-5-7-15(8-6-14)16-3-2-4-17(11-16)22(29(27)28)18-9-10-19(21(25)26)20(24)12-18/h2-12,24H,1H3,(H,25,26)(H,27,28). The molecule has 3 aromatic rings. The first kappa shape index (κ1) is 20.2. The highest BCUT2D eigenvalue weighted by molar-refractivity contribution is 7.81. The average Bonchev–Trinajstić information content (AvgIpc) is 2.68. The number of carboxylic acids is 1. The summed E-state index contributed by atoms with van der Waals surface area (Å²) in [5.41, 5.74) is 2.34. The highest BCUT2D eigenvalue weighted by atomic mass is 32.2. The Morgan fingerprint density at radius 3 is 2.10 bits per heavy atom. The third-order valence-corrected chi connectivity index (χ3v) is 5.04. The molecular formula is C21H17NO6S. The zero-order valence-electron chi connectivity index (χ0n) is 15.3. The van der Waals surface area contributed by atoms with Gasteiger partial charge in [-0.15, -0.1) is 0 Å². The zero-order chi connectivity index (χ0) is 21.1. The first-order chi connectivity index (χ1) is 13.8. The molecule has 148 valence electrons. The van der Waals surface area contributed by atoms with Gasteiger partial charge in [0, 0.05) is 11.6 Å². The summed E-state index contributed by atoms with van der Waals surface area (Å²) in [4.78, 5) is 22.5. The molecule has 0 heterocycles. The molecule has 3 rings (SSSR count). The number of aromatic carboxylic acids is 1. The minimum Gasteiger partial charge on any atom is -0.507 e. The van der Waals surface area contributed by atoms with Gasteiger partial charge in [0.05, 0.1) is 11.4 Å².